The van der Waals surface area contributed by atoms with E-state index in [0.717, 1.165) is 0 Å². The van der Waals surface area contributed by atoms with Crippen LogP contribution in [0.15, 0.2) is 12.4 Å². The lowest BCUT2D eigenvalue weighted by Gasteiger charge is -2.16. The van der Waals surface area contributed by atoms with Crippen LogP contribution in [0.3, 0.4) is 0 Å². The number of hydrogen-bond acceptors (Lipinski definition) is 5. The average Bonchev–Trinajstić information content (AvgIpc) is 2.30. The van der Waals surface area contributed by atoms with Crippen molar-refractivity contribution in [3.63, 3.8) is 0 Å². The van der Waals surface area contributed by atoms with Gasteiger partial charge in [-0.05, 0) is 13.3 Å². The van der Waals surface area contributed by atoms with Crippen LogP contribution >= 0.6 is 15.9 Å². The van der Waals surface area contributed by atoms with Crippen molar-refractivity contribution < 1.29 is 14.9 Å². The molecule has 0 saturated carbocycles. The topological polar surface area (TPSA) is 75.5 Å². The van der Waals surface area contributed by atoms with E-state index in [2.05, 4.69) is 25.9 Å². The van der Waals surface area contributed by atoms with Gasteiger partial charge >= 0.3 is 6.01 Å². The summed E-state index contributed by atoms with van der Waals surface area (Å²) in [5, 5.41) is 20.0. The van der Waals surface area contributed by atoms with E-state index < -0.39 is 12.2 Å². The molecule has 0 aliphatic heterocycles. The van der Waals surface area contributed by atoms with Gasteiger partial charge in [-0.15, -0.1) is 0 Å². The van der Waals surface area contributed by atoms with E-state index in [1.54, 1.807) is 0 Å². The van der Waals surface area contributed by atoms with Gasteiger partial charge in [0, 0.05) is 23.3 Å². The number of nitrogens with zero attached hydrogens (tertiary/aromatic N) is 2. The molecule has 0 bridgehead atoms. The second-order valence-electron chi connectivity index (χ2n) is 3.22. The maximum atomic E-state index is 9.75. The molecule has 2 unspecified atom stereocenters. The van der Waals surface area contributed by atoms with Crippen LogP contribution in [0.1, 0.15) is 25.0 Å². The molecule has 1 aromatic rings. The van der Waals surface area contributed by atoms with Gasteiger partial charge in [0.15, 0.2) is 0 Å². The number of rotatable bonds is 6. The normalized spacial score (nSPS) is 14.5. The van der Waals surface area contributed by atoms with E-state index >= 15 is 0 Å². The van der Waals surface area contributed by atoms with Gasteiger partial charge in [0.25, 0.3) is 0 Å². The average molecular weight is 291 g/mol. The lowest BCUT2D eigenvalue weighted by atomic mass is 10.1. The molecule has 2 N–H and O–H groups in total. The van der Waals surface area contributed by atoms with E-state index in [-0.39, 0.29) is 6.01 Å². The molecule has 1 heterocycles. The Hall–Kier alpha value is -0.720. The first-order valence-corrected chi connectivity index (χ1v) is 6.18. The fourth-order valence-corrected chi connectivity index (χ4v) is 1.64. The van der Waals surface area contributed by atoms with E-state index in [1.807, 2.05) is 6.92 Å². The standard InChI is InChI=1S/C10H15BrN2O3/c1-2-16-10-12-5-7(6-13-10)9(15)8(14)3-4-11/h5-6,8-9,14-15H,2-4H2,1H3. The predicted octanol–water partition coefficient (Wildman–Crippen LogP) is 1.05. The highest BCUT2D eigenvalue weighted by molar-refractivity contribution is 9.09. The van der Waals surface area contributed by atoms with Crippen molar-refractivity contribution in [2.24, 2.45) is 0 Å². The smallest absolute Gasteiger partial charge is 0.316 e. The Morgan fingerprint density at radius 1 is 1.38 bits per heavy atom. The third-order valence-electron chi connectivity index (χ3n) is 2.03. The Morgan fingerprint density at radius 2 is 2.00 bits per heavy atom. The Kier molecular flexibility index (Phi) is 5.65. The highest BCUT2D eigenvalue weighted by Crippen LogP contribution is 2.18. The number of alkyl halides is 1. The SMILES string of the molecule is CCOc1ncc(C(O)C(O)CCBr)cn1. The molecule has 2 atom stereocenters. The van der Waals surface area contributed by atoms with E-state index in [1.165, 1.54) is 12.4 Å². The molecule has 90 valence electrons. The third kappa shape index (κ3) is 3.70. The van der Waals surface area contributed by atoms with Gasteiger partial charge in [0.1, 0.15) is 6.10 Å². The Bertz CT molecular complexity index is 307. The number of halogens is 1. The van der Waals surface area contributed by atoms with Crippen LogP contribution in [-0.2, 0) is 0 Å². The van der Waals surface area contributed by atoms with Crippen LogP contribution in [0.2, 0.25) is 0 Å². The Morgan fingerprint density at radius 3 is 2.50 bits per heavy atom. The molecule has 5 nitrogen and oxygen atoms in total. The zero-order valence-electron chi connectivity index (χ0n) is 9.01. The number of aromatic nitrogens is 2. The van der Waals surface area contributed by atoms with E-state index in [0.29, 0.717) is 23.9 Å². The van der Waals surface area contributed by atoms with Crippen LogP contribution < -0.4 is 4.74 Å². The molecule has 0 amide bonds. The van der Waals surface area contributed by atoms with Crippen molar-refractivity contribution in [1.82, 2.24) is 9.97 Å². The molecule has 0 aromatic carbocycles. The zero-order chi connectivity index (χ0) is 12.0. The van der Waals surface area contributed by atoms with Gasteiger partial charge < -0.3 is 14.9 Å². The van der Waals surface area contributed by atoms with Gasteiger partial charge in [0.05, 0.1) is 12.7 Å². The summed E-state index contributed by atoms with van der Waals surface area (Å²) in [5.41, 5.74) is 0.483. The summed E-state index contributed by atoms with van der Waals surface area (Å²) in [7, 11) is 0. The molecule has 0 aliphatic carbocycles. The van der Waals surface area contributed by atoms with Gasteiger partial charge in [-0.25, -0.2) is 9.97 Å². The summed E-state index contributed by atoms with van der Waals surface area (Å²) < 4.78 is 5.07. The fraction of sp³-hybridized carbons (Fsp3) is 0.600. The third-order valence-corrected chi connectivity index (χ3v) is 2.49. The highest BCUT2D eigenvalue weighted by Gasteiger charge is 2.18. The van der Waals surface area contributed by atoms with Crippen LogP contribution in [0, 0.1) is 0 Å². The van der Waals surface area contributed by atoms with Gasteiger partial charge in [0.2, 0.25) is 0 Å². The van der Waals surface area contributed by atoms with Crippen LogP contribution in [0.4, 0.5) is 0 Å². The molecule has 1 rings (SSSR count). The largest absolute Gasteiger partial charge is 0.464 e. The minimum atomic E-state index is -0.965. The van der Waals surface area contributed by atoms with Crippen LogP contribution in [-0.4, -0.2) is 38.2 Å². The van der Waals surface area contributed by atoms with Crippen LogP contribution in [0.5, 0.6) is 6.01 Å². The predicted molar refractivity (Wildman–Crippen MR) is 62.6 cm³/mol. The monoisotopic (exact) mass is 290 g/mol. The first-order valence-electron chi connectivity index (χ1n) is 5.05. The maximum absolute atomic E-state index is 9.75. The molecule has 0 aliphatic rings. The molecule has 16 heavy (non-hydrogen) atoms. The molecule has 0 radical (unpaired) electrons. The summed E-state index contributed by atoms with van der Waals surface area (Å²) in [6, 6.07) is 0.272. The summed E-state index contributed by atoms with van der Waals surface area (Å²) >= 11 is 3.20. The second-order valence-corrected chi connectivity index (χ2v) is 4.01. The molecule has 1 aromatic heterocycles. The van der Waals surface area contributed by atoms with Crippen molar-refractivity contribution in [1.29, 1.82) is 0 Å². The van der Waals surface area contributed by atoms with Crippen LogP contribution in [0.25, 0.3) is 0 Å². The number of aliphatic hydroxyl groups is 2. The van der Waals surface area contributed by atoms with Gasteiger partial charge in [-0.3, -0.25) is 0 Å². The first-order chi connectivity index (χ1) is 7.69. The summed E-state index contributed by atoms with van der Waals surface area (Å²) in [6.45, 7) is 2.33. The zero-order valence-corrected chi connectivity index (χ0v) is 10.6. The van der Waals surface area contributed by atoms with E-state index in [9.17, 15) is 10.2 Å². The minimum absolute atomic E-state index is 0.272. The molecule has 0 saturated heterocycles. The Balaban J connectivity index is 2.65. The van der Waals surface area contributed by atoms with Gasteiger partial charge in [-0.1, -0.05) is 15.9 Å². The fourth-order valence-electron chi connectivity index (χ4n) is 1.17. The van der Waals surface area contributed by atoms with Crippen molar-refractivity contribution in [2.75, 3.05) is 11.9 Å². The maximum Gasteiger partial charge on any atom is 0.316 e. The highest BCUT2D eigenvalue weighted by atomic mass is 79.9. The lowest BCUT2D eigenvalue weighted by molar-refractivity contribution is 0.0168. The van der Waals surface area contributed by atoms with E-state index in [4.69, 9.17) is 4.74 Å². The van der Waals surface area contributed by atoms with Crippen molar-refractivity contribution >= 4 is 15.9 Å². The molecule has 6 heteroatoms. The summed E-state index contributed by atoms with van der Waals surface area (Å²) in [4.78, 5) is 7.83. The van der Waals surface area contributed by atoms with Gasteiger partial charge in [-0.2, -0.15) is 0 Å². The van der Waals surface area contributed by atoms with Crippen molar-refractivity contribution in [3.8, 4) is 6.01 Å². The molecular weight excluding hydrogens is 276 g/mol. The lowest BCUT2D eigenvalue weighted by Crippen LogP contribution is -2.19. The first kappa shape index (κ1) is 13.3. The van der Waals surface area contributed by atoms with Crippen molar-refractivity contribution in [2.45, 2.75) is 25.6 Å². The Labute approximate surface area is 103 Å². The molecule has 0 spiro atoms. The quantitative estimate of drug-likeness (QED) is 0.766. The molecular formula is C10H15BrN2O3. The minimum Gasteiger partial charge on any atom is -0.464 e. The number of ether oxygens (including phenoxy) is 1. The van der Waals surface area contributed by atoms with Crippen molar-refractivity contribution in [3.05, 3.63) is 18.0 Å². The number of aliphatic hydroxyl groups excluding tert-OH is 2. The second kappa shape index (κ2) is 6.78. The molecule has 0 fully saturated rings. The summed E-state index contributed by atoms with van der Waals surface area (Å²) in [6.07, 6.45) is 1.60. The number of hydrogen-bond donors (Lipinski definition) is 2. The summed E-state index contributed by atoms with van der Waals surface area (Å²) in [5.74, 6) is 0.